The number of esters is 2. The molecule has 0 bridgehead atoms. The molecular formula is C31H27NO4. The SMILES string of the molecule is Cc1cc(C(=O)OCc2ccccc2)cc(C)c1OC(=O)C1=Nc2ccc3ccccc3c2C1(C)C. The molecule has 0 N–H and O–H groups in total. The van der Waals surface area contributed by atoms with Gasteiger partial charge in [0, 0.05) is 5.41 Å². The first kappa shape index (κ1) is 23.5. The van der Waals surface area contributed by atoms with Crippen molar-refractivity contribution in [3.63, 3.8) is 0 Å². The van der Waals surface area contributed by atoms with Gasteiger partial charge in [0.2, 0.25) is 0 Å². The maximum Gasteiger partial charge on any atom is 0.359 e. The van der Waals surface area contributed by atoms with Gasteiger partial charge in [0.05, 0.1) is 11.3 Å². The normalized spacial score (nSPS) is 13.7. The summed E-state index contributed by atoms with van der Waals surface area (Å²) in [6, 6.07) is 25.0. The summed E-state index contributed by atoms with van der Waals surface area (Å²) in [6.07, 6.45) is 0. The average Bonchev–Trinajstić information content (AvgIpc) is 3.16. The van der Waals surface area contributed by atoms with Crippen molar-refractivity contribution in [3.8, 4) is 5.75 Å². The van der Waals surface area contributed by atoms with E-state index in [1.54, 1.807) is 12.1 Å². The van der Waals surface area contributed by atoms with Crippen molar-refractivity contribution in [1.82, 2.24) is 0 Å². The Kier molecular flexibility index (Phi) is 5.92. The van der Waals surface area contributed by atoms with Crippen LogP contribution in [0.5, 0.6) is 5.75 Å². The van der Waals surface area contributed by atoms with E-state index in [0.29, 0.717) is 28.2 Å². The number of hydrogen-bond acceptors (Lipinski definition) is 5. The lowest BCUT2D eigenvalue weighted by atomic mass is 9.79. The molecule has 36 heavy (non-hydrogen) atoms. The van der Waals surface area contributed by atoms with Gasteiger partial charge >= 0.3 is 11.9 Å². The molecule has 0 unspecified atom stereocenters. The summed E-state index contributed by atoms with van der Waals surface area (Å²) < 4.78 is 11.3. The molecular weight excluding hydrogens is 450 g/mol. The van der Waals surface area contributed by atoms with Crippen molar-refractivity contribution in [3.05, 3.63) is 107 Å². The highest BCUT2D eigenvalue weighted by molar-refractivity contribution is 6.42. The number of carbonyl (C=O) groups is 2. The average molecular weight is 478 g/mol. The molecule has 0 radical (unpaired) electrons. The van der Waals surface area contributed by atoms with E-state index in [0.717, 1.165) is 27.6 Å². The van der Waals surface area contributed by atoms with Crippen molar-refractivity contribution in [2.75, 3.05) is 0 Å². The molecule has 0 fully saturated rings. The van der Waals surface area contributed by atoms with Gasteiger partial charge in [-0.05, 0) is 78.9 Å². The third-order valence-electron chi connectivity index (χ3n) is 6.65. The lowest BCUT2D eigenvalue weighted by Gasteiger charge is -2.23. The topological polar surface area (TPSA) is 65.0 Å². The predicted molar refractivity (Wildman–Crippen MR) is 141 cm³/mol. The molecule has 0 saturated carbocycles. The van der Waals surface area contributed by atoms with Gasteiger partial charge in [-0.1, -0.05) is 60.7 Å². The van der Waals surface area contributed by atoms with E-state index >= 15 is 0 Å². The summed E-state index contributed by atoms with van der Waals surface area (Å²) in [5.74, 6) is -0.489. The highest BCUT2D eigenvalue weighted by Crippen LogP contribution is 2.44. The Bertz CT molecular complexity index is 1510. The fourth-order valence-corrected chi connectivity index (χ4v) is 4.87. The van der Waals surface area contributed by atoms with Crippen LogP contribution >= 0.6 is 0 Å². The molecule has 0 saturated heterocycles. The second-order valence-corrected chi connectivity index (χ2v) is 9.66. The van der Waals surface area contributed by atoms with Crippen molar-refractivity contribution < 1.29 is 19.1 Å². The zero-order chi connectivity index (χ0) is 25.4. The Balaban J connectivity index is 1.36. The fraction of sp³-hybridized carbons (Fsp3) is 0.194. The fourth-order valence-electron chi connectivity index (χ4n) is 4.87. The molecule has 1 aliphatic rings. The molecule has 180 valence electrons. The molecule has 1 aliphatic heterocycles. The second kappa shape index (κ2) is 9.08. The highest BCUT2D eigenvalue weighted by Gasteiger charge is 2.41. The molecule has 5 nitrogen and oxygen atoms in total. The van der Waals surface area contributed by atoms with Gasteiger partial charge < -0.3 is 9.47 Å². The van der Waals surface area contributed by atoms with Crippen molar-refractivity contribution in [2.24, 2.45) is 4.99 Å². The summed E-state index contributed by atoms with van der Waals surface area (Å²) >= 11 is 0. The minimum absolute atomic E-state index is 0.193. The Hall–Kier alpha value is -4.25. The Labute approximate surface area is 210 Å². The van der Waals surface area contributed by atoms with Gasteiger partial charge in [-0.2, -0.15) is 0 Å². The summed E-state index contributed by atoms with van der Waals surface area (Å²) in [5.41, 5.74) is 4.24. The number of aryl methyl sites for hydroxylation is 2. The van der Waals surface area contributed by atoms with Crippen LogP contribution in [0.4, 0.5) is 5.69 Å². The molecule has 5 rings (SSSR count). The first-order valence-electron chi connectivity index (χ1n) is 11.9. The van der Waals surface area contributed by atoms with E-state index in [-0.39, 0.29) is 6.61 Å². The third kappa shape index (κ3) is 4.17. The van der Waals surface area contributed by atoms with Crippen LogP contribution in [-0.4, -0.2) is 17.7 Å². The minimum atomic E-state index is -0.615. The summed E-state index contributed by atoms with van der Waals surface area (Å²) in [4.78, 5) is 30.7. The zero-order valence-electron chi connectivity index (χ0n) is 20.8. The molecule has 1 heterocycles. The van der Waals surface area contributed by atoms with Crippen LogP contribution in [0.3, 0.4) is 0 Å². The summed E-state index contributed by atoms with van der Waals surface area (Å²) in [5, 5.41) is 2.19. The molecule has 0 aromatic heterocycles. The molecule has 0 atom stereocenters. The van der Waals surface area contributed by atoms with Crippen LogP contribution < -0.4 is 4.74 Å². The lowest BCUT2D eigenvalue weighted by Crippen LogP contribution is -2.35. The molecule has 4 aromatic carbocycles. The number of carbonyl (C=O) groups excluding carboxylic acids is 2. The number of ether oxygens (including phenoxy) is 2. The molecule has 5 heteroatoms. The highest BCUT2D eigenvalue weighted by atomic mass is 16.5. The maximum atomic E-state index is 13.4. The molecule has 0 spiro atoms. The van der Waals surface area contributed by atoms with Gasteiger partial charge in [0.25, 0.3) is 0 Å². The van der Waals surface area contributed by atoms with E-state index in [1.807, 2.05) is 82.3 Å². The van der Waals surface area contributed by atoms with Crippen LogP contribution in [0.2, 0.25) is 0 Å². The van der Waals surface area contributed by atoms with E-state index in [9.17, 15) is 9.59 Å². The van der Waals surface area contributed by atoms with Gasteiger partial charge in [0.1, 0.15) is 18.1 Å². The summed E-state index contributed by atoms with van der Waals surface area (Å²) in [6.45, 7) is 7.81. The third-order valence-corrected chi connectivity index (χ3v) is 6.65. The van der Waals surface area contributed by atoms with E-state index in [4.69, 9.17) is 9.47 Å². The number of aliphatic imine (C=N–C) groups is 1. The van der Waals surface area contributed by atoms with Crippen molar-refractivity contribution in [2.45, 2.75) is 39.7 Å². The second-order valence-electron chi connectivity index (χ2n) is 9.66. The lowest BCUT2D eigenvalue weighted by molar-refractivity contribution is -0.127. The number of rotatable bonds is 5. The van der Waals surface area contributed by atoms with E-state index in [1.165, 1.54) is 0 Å². The first-order valence-corrected chi connectivity index (χ1v) is 11.9. The van der Waals surface area contributed by atoms with Crippen LogP contribution in [0.15, 0.2) is 83.9 Å². The van der Waals surface area contributed by atoms with Gasteiger partial charge in [-0.3, -0.25) is 0 Å². The predicted octanol–water partition coefficient (Wildman–Crippen LogP) is 6.78. The number of benzene rings is 4. The largest absolute Gasteiger partial charge is 0.457 e. The number of fused-ring (bicyclic) bond motifs is 3. The summed E-state index contributed by atoms with van der Waals surface area (Å²) in [7, 11) is 0. The first-order chi connectivity index (χ1) is 17.3. The van der Waals surface area contributed by atoms with Crippen LogP contribution in [-0.2, 0) is 21.6 Å². The molecule has 0 amide bonds. The van der Waals surface area contributed by atoms with Crippen molar-refractivity contribution >= 4 is 34.1 Å². The van der Waals surface area contributed by atoms with Gasteiger partial charge in [-0.15, -0.1) is 0 Å². The monoisotopic (exact) mass is 477 g/mol. The minimum Gasteiger partial charge on any atom is -0.457 e. The smallest absolute Gasteiger partial charge is 0.359 e. The van der Waals surface area contributed by atoms with Gasteiger partial charge in [-0.25, -0.2) is 14.6 Å². The van der Waals surface area contributed by atoms with Gasteiger partial charge in [0.15, 0.2) is 0 Å². The van der Waals surface area contributed by atoms with Crippen LogP contribution in [0.25, 0.3) is 10.8 Å². The van der Waals surface area contributed by atoms with Crippen LogP contribution in [0.1, 0.15) is 46.5 Å². The molecule has 4 aromatic rings. The quantitative estimate of drug-likeness (QED) is 0.235. The maximum absolute atomic E-state index is 13.4. The van der Waals surface area contributed by atoms with E-state index in [2.05, 4.69) is 17.1 Å². The van der Waals surface area contributed by atoms with E-state index < -0.39 is 17.4 Å². The Morgan fingerprint density at radius 1 is 0.833 bits per heavy atom. The number of hydrogen-bond donors (Lipinski definition) is 0. The molecule has 0 aliphatic carbocycles. The van der Waals surface area contributed by atoms with Crippen LogP contribution in [0, 0.1) is 13.8 Å². The number of nitrogens with zero attached hydrogens (tertiary/aromatic N) is 1. The van der Waals surface area contributed by atoms with Crippen molar-refractivity contribution in [1.29, 1.82) is 0 Å². The Morgan fingerprint density at radius 2 is 1.50 bits per heavy atom. The Morgan fingerprint density at radius 3 is 2.22 bits per heavy atom. The zero-order valence-corrected chi connectivity index (χ0v) is 20.8. The standard InChI is InChI=1S/C31H27NO4/c1-19-16-23(29(33)35-18-21-10-6-5-7-11-21)17-20(2)27(19)36-30(34)28-31(3,4)26-24-13-9-8-12-22(24)14-15-25(26)32-28/h5-17H,18H2,1-4H3.